The molecule has 3 rings (SSSR count). The van der Waals surface area contributed by atoms with Crippen molar-refractivity contribution in [3.8, 4) is 0 Å². The number of carbonyl (C=O) groups is 3. The molecule has 0 bridgehead atoms. The van der Waals surface area contributed by atoms with E-state index in [1.54, 1.807) is 48.1 Å². The van der Waals surface area contributed by atoms with E-state index in [2.05, 4.69) is 39.6 Å². The molecule has 0 unspecified atom stereocenters. The fraction of sp³-hybridized carbons (Fsp3) is 0.387. The third-order valence-electron chi connectivity index (χ3n) is 6.88. The van der Waals surface area contributed by atoms with Gasteiger partial charge in [0.1, 0.15) is 5.69 Å². The normalized spacial score (nSPS) is 10.9. The molecule has 11 heteroatoms. The van der Waals surface area contributed by atoms with Gasteiger partial charge in [-0.15, -0.1) is 23.2 Å². The second kappa shape index (κ2) is 16.8. The van der Waals surface area contributed by atoms with Crippen LogP contribution in [0.1, 0.15) is 47.5 Å². The number of anilines is 4. The molecule has 9 nitrogen and oxygen atoms in total. The molecule has 0 spiro atoms. The quantitative estimate of drug-likeness (QED) is 0.175. The molecule has 0 aliphatic heterocycles. The molecule has 226 valence electrons. The van der Waals surface area contributed by atoms with Crippen LogP contribution in [0.5, 0.6) is 0 Å². The summed E-state index contributed by atoms with van der Waals surface area (Å²) in [6.45, 7) is 8.35. The summed E-state index contributed by atoms with van der Waals surface area (Å²) in [4.78, 5) is 42.7. The number of nitrogens with one attached hydrogen (secondary N) is 3. The van der Waals surface area contributed by atoms with Gasteiger partial charge in [-0.25, -0.2) is 0 Å². The van der Waals surface area contributed by atoms with Crippen LogP contribution in [0.15, 0.2) is 60.8 Å². The fourth-order valence-corrected chi connectivity index (χ4v) is 4.96. The highest BCUT2D eigenvalue weighted by atomic mass is 35.5. The molecule has 0 fully saturated rings. The molecule has 2 aromatic carbocycles. The van der Waals surface area contributed by atoms with Gasteiger partial charge in [0, 0.05) is 67.1 Å². The fourth-order valence-electron chi connectivity index (χ4n) is 4.55. The van der Waals surface area contributed by atoms with Crippen LogP contribution in [0.4, 0.5) is 22.7 Å². The number of benzene rings is 2. The molecular weight excluding hydrogens is 575 g/mol. The molecule has 0 saturated heterocycles. The average molecular weight is 616 g/mol. The molecule has 1 aromatic heterocycles. The predicted molar refractivity (Wildman–Crippen MR) is 174 cm³/mol. The summed E-state index contributed by atoms with van der Waals surface area (Å²) in [5.41, 5.74) is 3.42. The molecule has 3 N–H and O–H groups in total. The Balaban J connectivity index is 1.58. The number of aromatic nitrogens is 1. The number of hydrogen-bond donors (Lipinski definition) is 3. The van der Waals surface area contributed by atoms with E-state index in [-0.39, 0.29) is 17.7 Å². The number of nitrogens with zero attached hydrogens (tertiary/aromatic N) is 3. The van der Waals surface area contributed by atoms with Crippen molar-refractivity contribution in [2.45, 2.75) is 26.7 Å². The van der Waals surface area contributed by atoms with E-state index >= 15 is 0 Å². The van der Waals surface area contributed by atoms with Crippen molar-refractivity contribution in [2.75, 3.05) is 65.3 Å². The van der Waals surface area contributed by atoms with E-state index in [9.17, 15) is 14.4 Å². The standard InChI is InChI=1S/C31H40Cl2N6O3/c1-4-38(5-2)17-7-10-29(40)34-25-9-6-8-23(20-25)30(41)36-26-21-28(37(3)22-26)31(42)35-24-11-13-27(14-12-24)39(18-15-32)19-16-33/h6,8-9,11-14,20-22H,4-5,7,10,15-19H2,1-3H3,(H,34,40)(H,35,42)(H,36,41). The van der Waals surface area contributed by atoms with Crippen LogP contribution in [-0.4, -0.2) is 71.7 Å². The maximum atomic E-state index is 13.0. The van der Waals surface area contributed by atoms with Crippen LogP contribution in [-0.2, 0) is 11.8 Å². The predicted octanol–water partition coefficient (Wildman–Crippen LogP) is 5.87. The lowest BCUT2D eigenvalue weighted by Crippen LogP contribution is -2.27. The molecule has 42 heavy (non-hydrogen) atoms. The number of carbonyl (C=O) groups excluding carboxylic acids is 3. The molecule has 0 aliphatic carbocycles. The zero-order chi connectivity index (χ0) is 30.5. The highest BCUT2D eigenvalue weighted by Crippen LogP contribution is 2.21. The molecule has 0 radical (unpaired) electrons. The maximum absolute atomic E-state index is 13.0. The lowest BCUT2D eigenvalue weighted by Gasteiger charge is -2.23. The minimum atomic E-state index is -0.348. The van der Waals surface area contributed by atoms with Crippen LogP contribution in [0.2, 0.25) is 0 Å². The van der Waals surface area contributed by atoms with E-state index in [0.717, 1.165) is 31.7 Å². The number of alkyl halides is 2. The van der Waals surface area contributed by atoms with Gasteiger partial charge >= 0.3 is 0 Å². The van der Waals surface area contributed by atoms with Crippen molar-refractivity contribution in [3.63, 3.8) is 0 Å². The third-order valence-corrected chi connectivity index (χ3v) is 7.21. The molecule has 3 amide bonds. The van der Waals surface area contributed by atoms with Gasteiger partial charge in [0.15, 0.2) is 0 Å². The number of aryl methyl sites for hydroxylation is 1. The first-order valence-corrected chi connectivity index (χ1v) is 15.2. The van der Waals surface area contributed by atoms with Gasteiger partial charge < -0.3 is 30.3 Å². The Hall–Kier alpha value is -3.53. The number of amides is 3. The van der Waals surface area contributed by atoms with Gasteiger partial charge in [0.25, 0.3) is 11.8 Å². The van der Waals surface area contributed by atoms with Crippen molar-refractivity contribution in [1.82, 2.24) is 9.47 Å². The Labute approximate surface area is 258 Å². The lowest BCUT2D eigenvalue weighted by molar-refractivity contribution is -0.116. The molecule has 3 aromatic rings. The summed E-state index contributed by atoms with van der Waals surface area (Å²) < 4.78 is 1.65. The number of halogens is 2. The van der Waals surface area contributed by atoms with Crippen LogP contribution in [0.25, 0.3) is 0 Å². The smallest absolute Gasteiger partial charge is 0.272 e. The summed E-state index contributed by atoms with van der Waals surface area (Å²) in [6, 6.07) is 15.9. The lowest BCUT2D eigenvalue weighted by atomic mass is 10.1. The summed E-state index contributed by atoms with van der Waals surface area (Å²) in [5.74, 6) is 0.229. The number of rotatable bonds is 16. The van der Waals surface area contributed by atoms with E-state index in [1.165, 1.54) is 0 Å². The minimum Gasteiger partial charge on any atom is -0.369 e. The van der Waals surface area contributed by atoms with Gasteiger partial charge in [0.2, 0.25) is 5.91 Å². The van der Waals surface area contributed by atoms with Crippen molar-refractivity contribution in [3.05, 3.63) is 72.1 Å². The topological polar surface area (TPSA) is 98.7 Å². The van der Waals surface area contributed by atoms with E-state index in [4.69, 9.17) is 23.2 Å². The van der Waals surface area contributed by atoms with Crippen molar-refractivity contribution < 1.29 is 14.4 Å². The zero-order valence-electron chi connectivity index (χ0n) is 24.5. The Bertz CT molecular complexity index is 1320. The zero-order valence-corrected chi connectivity index (χ0v) is 26.0. The van der Waals surface area contributed by atoms with Crippen molar-refractivity contribution in [1.29, 1.82) is 0 Å². The van der Waals surface area contributed by atoms with Crippen LogP contribution in [0.3, 0.4) is 0 Å². The molecular formula is C31H40Cl2N6O3. The van der Waals surface area contributed by atoms with Gasteiger partial charge in [-0.05, 0) is 74.6 Å². The Kier molecular flexibility index (Phi) is 13.2. The van der Waals surface area contributed by atoms with E-state index in [1.807, 2.05) is 24.3 Å². The summed E-state index contributed by atoms with van der Waals surface area (Å²) >= 11 is 11.8. The monoisotopic (exact) mass is 614 g/mol. The first kappa shape index (κ1) is 33.0. The minimum absolute atomic E-state index is 0.0871. The maximum Gasteiger partial charge on any atom is 0.272 e. The van der Waals surface area contributed by atoms with Crippen molar-refractivity contribution in [2.24, 2.45) is 7.05 Å². The SMILES string of the molecule is CCN(CC)CCCC(=O)Nc1cccc(C(=O)Nc2cc(C(=O)Nc3ccc(N(CCCl)CCCl)cc3)n(C)c2)c1. The first-order valence-electron chi connectivity index (χ1n) is 14.2. The van der Waals surface area contributed by atoms with E-state index in [0.29, 0.717) is 59.6 Å². The summed E-state index contributed by atoms with van der Waals surface area (Å²) in [7, 11) is 1.74. The van der Waals surface area contributed by atoms with Gasteiger partial charge in [-0.3, -0.25) is 14.4 Å². The van der Waals surface area contributed by atoms with Gasteiger partial charge in [-0.1, -0.05) is 19.9 Å². The van der Waals surface area contributed by atoms with Crippen LogP contribution in [0, 0.1) is 0 Å². The van der Waals surface area contributed by atoms with Gasteiger partial charge in [-0.2, -0.15) is 0 Å². The molecule has 0 saturated carbocycles. The highest BCUT2D eigenvalue weighted by molar-refractivity contribution is 6.18. The third kappa shape index (κ3) is 9.79. The summed E-state index contributed by atoms with van der Waals surface area (Å²) in [5, 5.41) is 8.61. The first-order chi connectivity index (χ1) is 20.3. The Morgan fingerprint density at radius 2 is 1.45 bits per heavy atom. The largest absolute Gasteiger partial charge is 0.369 e. The van der Waals surface area contributed by atoms with Crippen LogP contribution >= 0.6 is 23.2 Å². The molecule has 1 heterocycles. The van der Waals surface area contributed by atoms with E-state index < -0.39 is 0 Å². The highest BCUT2D eigenvalue weighted by Gasteiger charge is 2.15. The summed E-state index contributed by atoms with van der Waals surface area (Å²) in [6.07, 6.45) is 2.85. The molecule has 0 aliphatic rings. The van der Waals surface area contributed by atoms with Crippen LogP contribution < -0.4 is 20.9 Å². The second-order valence-corrected chi connectivity index (χ2v) is 10.6. The number of hydrogen-bond acceptors (Lipinski definition) is 5. The molecule has 0 atom stereocenters. The van der Waals surface area contributed by atoms with Crippen molar-refractivity contribution >= 4 is 63.7 Å². The Morgan fingerprint density at radius 1 is 0.786 bits per heavy atom. The van der Waals surface area contributed by atoms with Gasteiger partial charge in [0.05, 0.1) is 5.69 Å². The second-order valence-electron chi connectivity index (χ2n) is 9.80. The Morgan fingerprint density at radius 3 is 2.10 bits per heavy atom. The average Bonchev–Trinajstić information content (AvgIpc) is 3.35.